The molecule has 2 atom stereocenters. The number of hydrogen-bond donors (Lipinski definition) is 2. The van der Waals surface area contributed by atoms with Gasteiger partial charge in [0.2, 0.25) is 5.91 Å². The minimum absolute atomic E-state index is 0.0741. The van der Waals surface area contributed by atoms with Crippen LogP contribution in [0.2, 0.25) is 0 Å². The van der Waals surface area contributed by atoms with E-state index in [4.69, 9.17) is 9.47 Å². The number of carbonyl (C=O) groups excluding carboxylic acids is 1. The van der Waals surface area contributed by atoms with E-state index in [1.165, 1.54) is 5.56 Å². The van der Waals surface area contributed by atoms with Crippen LogP contribution in [-0.2, 0) is 11.2 Å². The van der Waals surface area contributed by atoms with Crippen molar-refractivity contribution in [3.63, 3.8) is 0 Å². The molecule has 7 nitrogen and oxygen atoms in total. The average Bonchev–Trinajstić information content (AvgIpc) is 2.83. The second-order valence-electron chi connectivity index (χ2n) is 10.5. The third kappa shape index (κ3) is 4.80. The molecule has 0 radical (unpaired) electrons. The fraction of sp³-hybridized carbons (Fsp3) is 0.519. The highest BCUT2D eigenvalue weighted by Gasteiger charge is 2.38. The largest absolute Gasteiger partial charge is 0.486 e. The molecule has 34 heavy (non-hydrogen) atoms. The highest BCUT2D eigenvalue weighted by atomic mass is 16.6. The van der Waals surface area contributed by atoms with Gasteiger partial charge in [-0.05, 0) is 57.4 Å². The Morgan fingerprint density at radius 1 is 1.03 bits per heavy atom. The molecule has 3 aliphatic heterocycles. The summed E-state index contributed by atoms with van der Waals surface area (Å²) in [5.41, 5.74) is 3.29. The molecule has 3 aliphatic rings. The fourth-order valence-electron chi connectivity index (χ4n) is 5.29. The van der Waals surface area contributed by atoms with E-state index >= 15 is 0 Å². The van der Waals surface area contributed by atoms with Crippen molar-refractivity contribution >= 4 is 17.3 Å². The number of ether oxygens (including phenoxy) is 2. The third-order valence-corrected chi connectivity index (χ3v) is 6.82. The average molecular weight is 465 g/mol. The number of benzene rings is 2. The molecule has 0 aliphatic carbocycles. The van der Waals surface area contributed by atoms with Crippen molar-refractivity contribution in [2.24, 2.45) is 0 Å². The summed E-state index contributed by atoms with van der Waals surface area (Å²) < 4.78 is 11.7. The predicted molar refractivity (Wildman–Crippen MR) is 135 cm³/mol. The highest BCUT2D eigenvalue weighted by molar-refractivity contribution is 5.84. The normalized spacial score (nSPS) is 21.3. The van der Waals surface area contributed by atoms with Gasteiger partial charge in [-0.25, -0.2) is 0 Å². The van der Waals surface area contributed by atoms with Gasteiger partial charge in [0.25, 0.3) is 0 Å². The Bertz CT molecular complexity index is 1030. The molecule has 1 amide bonds. The van der Waals surface area contributed by atoms with Gasteiger partial charge in [0.1, 0.15) is 19.3 Å². The second-order valence-corrected chi connectivity index (χ2v) is 10.5. The number of anilines is 2. The van der Waals surface area contributed by atoms with Crippen LogP contribution in [0.5, 0.6) is 11.5 Å². The smallest absolute Gasteiger partial charge is 0.239 e. The minimum atomic E-state index is -0.274. The maximum atomic E-state index is 13.6. The summed E-state index contributed by atoms with van der Waals surface area (Å²) in [6, 6.07) is 14.4. The van der Waals surface area contributed by atoms with Crippen LogP contribution in [0, 0.1) is 0 Å². The molecule has 3 heterocycles. The molecule has 5 rings (SSSR count). The van der Waals surface area contributed by atoms with Gasteiger partial charge < -0.3 is 25.0 Å². The molecule has 1 saturated heterocycles. The van der Waals surface area contributed by atoms with E-state index in [9.17, 15) is 4.79 Å². The van der Waals surface area contributed by atoms with Crippen LogP contribution in [0.3, 0.4) is 0 Å². The number of rotatable bonds is 4. The summed E-state index contributed by atoms with van der Waals surface area (Å²) in [4.78, 5) is 18.3. The predicted octanol–water partition coefficient (Wildman–Crippen LogP) is 3.29. The molecule has 2 aromatic carbocycles. The molecule has 7 heteroatoms. The second kappa shape index (κ2) is 9.37. The van der Waals surface area contributed by atoms with Crippen molar-refractivity contribution in [3.05, 3.63) is 48.0 Å². The monoisotopic (exact) mass is 464 g/mol. The minimum Gasteiger partial charge on any atom is -0.486 e. The molecule has 2 unspecified atom stereocenters. The maximum absolute atomic E-state index is 13.6. The van der Waals surface area contributed by atoms with Crippen molar-refractivity contribution < 1.29 is 14.3 Å². The lowest BCUT2D eigenvalue weighted by Crippen LogP contribution is -2.62. The topological polar surface area (TPSA) is 66.1 Å². The first-order valence-electron chi connectivity index (χ1n) is 12.4. The summed E-state index contributed by atoms with van der Waals surface area (Å²) >= 11 is 0. The lowest BCUT2D eigenvalue weighted by Gasteiger charge is -2.44. The van der Waals surface area contributed by atoms with E-state index < -0.39 is 0 Å². The van der Waals surface area contributed by atoms with Crippen molar-refractivity contribution in [1.82, 2.24) is 10.2 Å². The first kappa shape index (κ1) is 22.8. The SMILES string of the molecule is CC(C)(C)NC(=O)C(C1CCc2ccccc2N1)N1CCN(c2cccc3c2OCCO3)CC1. The van der Waals surface area contributed by atoms with E-state index in [-0.39, 0.29) is 23.5 Å². The van der Waals surface area contributed by atoms with Crippen LogP contribution in [0.1, 0.15) is 32.8 Å². The van der Waals surface area contributed by atoms with E-state index in [0.717, 1.165) is 61.9 Å². The fourth-order valence-corrected chi connectivity index (χ4v) is 5.29. The Balaban J connectivity index is 1.33. The van der Waals surface area contributed by atoms with Crippen molar-refractivity contribution in [1.29, 1.82) is 0 Å². The lowest BCUT2D eigenvalue weighted by molar-refractivity contribution is -0.128. The van der Waals surface area contributed by atoms with Gasteiger partial charge in [-0.3, -0.25) is 9.69 Å². The molecule has 0 spiro atoms. The van der Waals surface area contributed by atoms with Crippen molar-refractivity contribution in [3.8, 4) is 11.5 Å². The Kier molecular flexibility index (Phi) is 6.30. The van der Waals surface area contributed by atoms with Crippen LogP contribution in [0.4, 0.5) is 11.4 Å². The molecular formula is C27H36N4O3. The number of piperazine rings is 1. The van der Waals surface area contributed by atoms with E-state index in [1.807, 2.05) is 32.9 Å². The number of fused-ring (bicyclic) bond motifs is 2. The molecule has 1 fully saturated rings. The maximum Gasteiger partial charge on any atom is 0.239 e. The van der Waals surface area contributed by atoms with Crippen LogP contribution < -0.4 is 25.0 Å². The summed E-state index contributed by atoms with van der Waals surface area (Å²) in [6.07, 6.45) is 1.93. The number of amides is 1. The first-order valence-corrected chi connectivity index (χ1v) is 12.4. The molecule has 0 aromatic heterocycles. The number of carbonyl (C=O) groups is 1. The molecule has 2 N–H and O–H groups in total. The van der Waals surface area contributed by atoms with Gasteiger partial charge in [-0.2, -0.15) is 0 Å². The van der Waals surface area contributed by atoms with E-state index in [1.54, 1.807) is 0 Å². The number of para-hydroxylation sites is 2. The highest BCUT2D eigenvalue weighted by Crippen LogP contribution is 2.40. The zero-order chi connectivity index (χ0) is 23.7. The first-order chi connectivity index (χ1) is 16.4. The van der Waals surface area contributed by atoms with E-state index in [2.05, 4.69) is 50.8 Å². The Labute approximate surface area is 202 Å². The Morgan fingerprint density at radius 3 is 2.59 bits per heavy atom. The molecule has 0 saturated carbocycles. The van der Waals surface area contributed by atoms with E-state index in [0.29, 0.717) is 13.2 Å². The Hall–Kier alpha value is -2.93. The number of nitrogens with one attached hydrogen (secondary N) is 2. The van der Waals surface area contributed by atoms with Gasteiger partial charge in [0, 0.05) is 37.4 Å². The summed E-state index contributed by atoms with van der Waals surface area (Å²) in [5.74, 6) is 1.76. The van der Waals surface area contributed by atoms with Gasteiger partial charge in [0.15, 0.2) is 11.5 Å². The quantitative estimate of drug-likeness (QED) is 0.724. The summed E-state index contributed by atoms with van der Waals surface area (Å²) in [6.45, 7) is 10.6. The van der Waals surface area contributed by atoms with Crippen LogP contribution >= 0.6 is 0 Å². The van der Waals surface area contributed by atoms with Gasteiger partial charge in [-0.15, -0.1) is 0 Å². The van der Waals surface area contributed by atoms with Crippen LogP contribution in [0.25, 0.3) is 0 Å². The molecule has 2 aromatic rings. The van der Waals surface area contributed by atoms with Crippen molar-refractivity contribution in [2.75, 3.05) is 49.6 Å². The molecular weight excluding hydrogens is 428 g/mol. The van der Waals surface area contributed by atoms with Gasteiger partial charge >= 0.3 is 0 Å². The van der Waals surface area contributed by atoms with Crippen LogP contribution in [-0.4, -0.2) is 67.8 Å². The number of nitrogens with zero attached hydrogens (tertiary/aromatic N) is 2. The molecule has 0 bridgehead atoms. The zero-order valence-electron chi connectivity index (χ0n) is 20.5. The molecule has 182 valence electrons. The van der Waals surface area contributed by atoms with Crippen molar-refractivity contribution in [2.45, 2.75) is 51.2 Å². The van der Waals surface area contributed by atoms with Crippen LogP contribution in [0.15, 0.2) is 42.5 Å². The van der Waals surface area contributed by atoms with Gasteiger partial charge in [-0.1, -0.05) is 24.3 Å². The standard InChI is InChI=1S/C27H36N4O3/c1-27(2,3)29-26(32)24(21-12-11-19-7-4-5-8-20(19)28-21)31-15-13-30(14-16-31)22-9-6-10-23-25(22)34-18-17-33-23/h4-10,21,24,28H,11-18H2,1-3H3,(H,29,32). The third-order valence-electron chi connectivity index (χ3n) is 6.82. The van der Waals surface area contributed by atoms with Gasteiger partial charge in [0.05, 0.1) is 11.7 Å². The summed E-state index contributed by atoms with van der Waals surface area (Å²) in [5, 5.41) is 6.94. The summed E-state index contributed by atoms with van der Waals surface area (Å²) in [7, 11) is 0. The number of hydrogen-bond acceptors (Lipinski definition) is 6. The zero-order valence-corrected chi connectivity index (χ0v) is 20.5. The lowest BCUT2D eigenvalue weighted by atomic mass is 9.91. The Morgan fingerprint density at radius 2 is 1.79 bits per heavy atom. The number of aryl methyl sites for hydroxylation is 1.